The van der Waals surface area contributed by atoms with Crippen molar-refractivity contribution < 1.29 is 0 Å². The van der Waals surface area contributed by atoms with E-state index < -0.39 is 0 Å². The quantitative estimate of drug-likeness (QED) is 0.744. The van der Waals surface area contributed by atoms with Crippen LogP contribution in [0.3, 0.4) is 0 Å². The smallest absolute Gasteiger partial charge is 0.0320 e. The number of allylic oxidation sites excluding steroid dienone is 2. The second kappa shape index (κ2) is 12.3. The molecule has 0 saturated carbocycles. The predicted octanol–water partition coefficient (Wildman–Crippen LogP) is 4.48. The highest BCUT2D eigenvalue weighted by Crippen LogP contribution is 2.26. The van der Waals surface area contributed by atoms with Gasteiger partial charge in [-0.2, -0.15) is 0 Å². The van der Waals surface area contributed by atoms with E-state index in [-0.39, 0.29) is 0 Å². The molecule has 0 saturated heterocycles. The molecule has 1 unspecified atom stereocenters. The molecular formula is C15H29N. The Morgan fingerprint density at radius 2 is 1.69 bits per heavy atom. The second-order valence-corrected chi connectivity index (χ2v) is 3.12. The van der Waals surface area contributed by atoms with Crippen molar-refractivity contribution in [1.29, 1.82) is 0 Å². The number of hydrogen-bond donors (Lipinski definition) is 1. The summed E-state index contributed by atoms with van der Waals surface area (Å²) in [6.07, 6.45) is 7.54. The Labute approximate surface area is 102 Å². The zero-order valence-electron chi connectivity index (χ0n) is 11.8. The normalized spacial score (nSPS) is 18.7. The van der Waals surface area contributed by atoms with Crippen molar-refractivity contribution in [3.63, 3.8) is 0 Å². The predicted molar refractivity (Wildman–Crippen MR) is 76.8 cm³/mol. The summed E-state index contributed by atoms with van der Waals surface area (Å²) in [6.45, 7) is 15.7. The van der Waals surface area contributed by atoms with Gasteiger partial charge in [0, 0.05) is 6.04 Å². The van der Waals surface area contributed by atoms with E-state index in [1.54, 1.807) is 0 Å². The lowest BCUT2D eigenvalue weighted by atomic mass is 9.88. The van der Waals surface area contributed by atoms with Crippen molar-refractivity contribution in [3.05, 3.63) is 36.5 Å². The summed E-state index contributed by atoms with van der Waals surface area (Å²) in [5.41, 5.74) is 2.69. The Morgan fingerprint density at radius 3 is 2.06 bits per heavy atom. The van der Waals surface area contributed by atoms with Gasteiger partial charge in [0.2, 0.25) is 0 Å². The molecule has 1 aliphatic rings. The van der Waals surface area contributed by atoms with Crippen LogP contribution in [-0.4, -0.2) is 13.1 Å². The molecule has 94 valence electrons. The number of nitrogens with one attached hydrogen (secondary N) is 1. The average molecular weight is 223 g/mol. The molecule has 0 aromatic carbocycles. The maximum Gasteiger partial charge on any atom is 0.0320 e. The van der Waals surface area contributed by atoms with Gasteiger partial charge in [0.25, 0.3) is 0 Å². The highest BCUT2D eigenvalue weighted by molar-refractivity contribution is 5.37. The van der Waals surface area contributed by atoms with Crippen LogP contribution in [0, 0.1) is 0 Å². The van der Waals surface area contributed by atoms with E-state index in [1.807, 2.05) is 46.9 Å². The minimum Gasteiger partial charge on any atom is -0.313 e. The molecule has 1 atom stereocenters. The Kier molecular flexibility index (Phi) is 13.5. The van der Waals surface area contributed by atoms with Crippen LogP contribution in [0.1, 0.15) is 47.0 Å². The van der Waals surface area contributed by atoms with Crippen LogP contribution in [0.2, 0.25) is 0 Å². The van der Waals surface area contributed by atoms with Gasteiger partial charge >= 0.3 is 0 Å². The first-order valence-corrected chi connectivity index (χ1v) is 6.48. The van der Waals surface area contributed by atoms with E-state index >= 15 is 0 Å². The topological polar surface area (TPSA) is 12.0 Å². The van der Waals surface area contributed by atoms with E-state index in [0.717, 1.165) is 6.42 Å². The lowest BCUT2D eigenvalue weighted by molar-refractivity contribution is 0.540. The zero-order valence-corrected chi connectivity index (χ0v) is 11.8. The number of likely N-dealkylation sites (N-methyl/N-ethyl adjacent to an activating group) is 1. The highest BCUT2D eigenvalue weighted by Gasteiger charge is 2.17. The molecule has 0 radical (unpaired) electrons. The molecule has 1 rings (SSSR count). The molecule has 0 aromatic heterocycles. The summed E-state index contributed by atoms with van der Waals surface area (Å²) < 4.78 is 0. The number of rotatable bonds is 3. The fourth-order valence-electron chi connectivity index (χ4n) is 1.81. The van der Waals surface area contributed by atoms with Crippen molar-refractivity contribution in [2.24, 2.45) is 0 Å². The molecule has 1 N–H and O–H groups in total. The van der Waals surface area contributed by atoms with Gasteiger partial charge in [0.1, 0.15) is 0 Å². The van der Waals surface area contributed by atoms with E-state index in [0.29, 0.717) is 6.04 Å². The molecule has 0 amide bonds. The molecule has 0 aliphatic heterocycles. The van der Waals surface area contributed by atoms with E-state index in [9.17, 15) is 0 Å². The zero-order chi connectivity index (χ0) is 13.0. The average Bonchev–Trinajstić information content (AvgIpc) is 2.42. The molecule has 0 aromatic rings. The first kappa shape index (κ1) is 17.6. The summed E-state index contributed by atoms with van der Waals surface area (Å²) in [7, 11) is 2.00. The monoisotopic (exact) mass is 223 g/mol. The fraction of sp³-hybridized carbons (Fsp3) is 0.600. The lowest BCUT2D eigenvalue weighted by Gasteiger charge is -2.25. The van der Waals surface area contributed by atoms with Gasteiger partial charge in [0.05, 0.1) is 0 Å². The standard InChI is InChI=1S/C11H17N.2C2H6/c1-4-9-7-6-8-11(12-3)10(9)5-2;2*1-2/h4-5,11-12H,1-2,6-8H2,3H3;2*1-2H3. The summed E-state index contributed by atoms with van der Waals surface area (Å²) >= 11 is 0. The second-order valence-electron chi connectivity index (χ2n) is 3.12. The molecule has 1 aliphatic carbocycles. The van der Waals surface area contributed by atoms with Gasteiger partial charge in [0.15, 0.2) is 0 Å². The highest BCUT2D eigenvalue weighted by atomic mass is 14.9. The van der Waals surface area contributed by atoms with E-state index in [1.165, 1.54) is 24.0 Å². The third kappa shape index (κ3) is 5.32. The molecule has 0 spiro atoms. The number of hydrogen-bond acceptors (Lipinski definition) is 1. The first-order chi connectivity index (χ1) is 7.83. The molecule has 0 heterocycles. The minimum atomic E-state index is 0.490. The Hall–Kier alpha value is -0.820. The molecule has 0 fully saturated rings. The Balaban J connectivity index is 0. The summed E-state index contributed by atoms with van der Waals surface area (Å²) in [5, 5.41) is 3.29. The van der Waals surface area contributed by atoms with Crippen molar-refractivity contribution in [2.75, 3.05) is 7.05 Å². The van der Waals surface area contributed by atoms with Crippen LogP contribution in [0.25, 0.3) is 0 Å². The summed E-state index contributed by atoms with van der Waals surface area (Å²) in [4.78, 5) is 0. The largest absolute Gasteiger partial charge is 0.313 e. The Morgan fingerprint density at radius 1 is 1.12 bits per heavy atom. The third-order valence-corrected chi connectivity index (χ3v) is 2.50. The van der Waals surface area contributed by atoms with Gasteiger partial charge in [-0.3, -0.25) is 0 Å². The van der Waals surface area contributed by atoms with Crippen molar-refractivity contribution in [1.82, 2.24) is 5.32 Å². The molecule has 1 heteroatoms. The van der Waals surface area contributed by atoms with Gasteiger partial charge in [-0.05, 0) is 37.5 Å². The third-order valence-electron chi connectivity index (χ3n) is 2.50. The molecular weight excluding hydrogens is 194 g/mol. The van der Waals surface area contributed by atoms with E-state index in [2.05, 4.69) is 18.5 Å². The molecule has 1 nitrogen and oxygen atoms in total. The van der Waals surface area contributed by atoms with Gasteiger partial charge in [-0.25, -0.2) is 0 Å². The van der Waals surface area contributed by atoms with Crippen LogP contribution in [-0.2, 0) is 0 Å². The van der Waals surface area contributed by atoms with Crippen LogP contribution < -0.4 is 5.32 Å². The summed E-state index contributed by atoms with van der Waals surface area (Å²) in [5.74, 6) is 0. The van der Waals surface area contributed by atoms with Crippen LogP contribution in [0.4, 0.5) is 0 Å². The first-order valence-electron chi connectivity index (χ1n) is 6.48. The van der Waals surface area contributed by atoms with Crippen LogP contribution >= 0.6 is 0 Å². The van der Waals surface area contributed by atoms with Crippen molar-refractivity contribution in [3.8, 4) is 0 Å². The maximum atomic E-state index is 3.84. The maximum absolute atomic E-state index is 3.84. The molecule has 0 bridgehead atoms. The van der Waals surface area contributed by atoms with E-state index in [4.69, 9.17) is 0 Å². The van der Waals surface area contributed by atoms with Crippen LogP contribution in [0.5, 0.6) is 0 Å². The van der Waals surface area contributed by atoms with Gasteiger partial charge in [-0.15, -0.1) is 0 Å². The Bertz CT molecular complexity index is 213. The van der Waals surface area contributed by atoms with Gasteiger partial charge in [-0.1, -0.05) is 53.0 Å². The lowest BCUT2D eigenvalue weighted by Crippen LogP contribution is -2.29. The SMILES string of the molecule is C=CC1=C(C=C)C(NC)CCC1.CC.CC. The minimum absolute atomic E-state index is 0.490. The van der Waals surface area contributed by atoms with Gasteiger partial charge < -0.3 is 5.32 Å². The fourth-order valence-corrected chi connectivity index (χ4v) is 1.81. The van der Waals surface area contributed by atoms with Crippen molar-refractivity contribution >= 4 is 0 Å². The van der Waals surface area contributed by atoms with Crippen molar-refractivity contribution in [2.45, 2.75) is 53.0 Å². The van der Waals surface area contributed by atoms with Crippen LogP contribution in [0.15, 0.2) is 36.5 Å². The summed E-state index contributed by atoms with van der Waals surface area (Å²) in [6, 6.07) is 0.490. The molecule has 16 heavy (non-hydrogen) atoms.